The van der Waals surface area contributed by atoms with E-state index < -0.39 is 0 Å². The zero-order valence-corrected chi connectivity index (χ0v) is 10.5. The van der Waals surface area contributed by atoms with Crippen molar-refractivity contribution in [3.8, 4) is 0 Å². The van der Waals surface area contributed by atoms with Crippen LogP contribution in [0.2, 0.25) is 0 Å². The maximum absolute atomic E-state index is 11.0. The third-order valence-electron chi connectivity index (χ3n) is 1.57. The first-order valence-electron chi connectivity index (χ1n) is 4.72. The third kappa shape index (κ3) is 9.95. The molecule has 0 spiro atoms. The van der Waals surface area contributed by atoms with Crippen LogP contribution in [0.4, 0.5) is 0 Å². The molecule has 0 fully saturated rings. The van der Waals surface area contributed by atoms with E-state index in [9.17, 15) is 4.79 Å². The highest BCUT2D eigenvalue weighted by Gasteiger charge is 1.97. The Morgan fingerprint density at radius 1 is 1.43 bits per heavy atom. The van der Waals surface area contributed by atoms with Crippen molar-refractivity contribution in [2.75, 3.05) is 45.7 Å². The van der Waals surface area contributed by atoms with E-state index in [0.29, 0.717) is 31.5 Å². The number of hydrogen-bond donors (Lipinski definition) is 1. The van der Waals surface area contributed by atoms with Gasteiger partial charge in [0.2, 0.25) is 5.91 Å². The molecule has 0 saturated carbocycles. The molecule has 0 bridgehead atoms. The number of rotatable bonds is 8. The van der Waals surface area contributed by atoms with Crippen LogP contribution in [0.5, 0.6) is 0 Å². The molecular weight excluding hydrogens is 248 g/mol. The molecule has 0 atom stereocenters. The largest absolute Gasteiger partial charge is 0.378 e. The first kappa shape index (κ1) is 13.9. The Morgan fingerprint density at radius 3 is 2.71 bits per heavy atom. The predicted molar refractivity (Wildman–Crippen MR) is 60.8 cm³/mol. The Balaban J connectivity index is 3.09. The van der Waals surface area contributed by atoms with Crippen molar-refractivity contribution in [2.24, 2.45) is 0 Å². The standard InChI is InChI=1S/C9H19BrN2O2/c1-12(2)6-8-14-7-5-11-9(13)3-4-10/h3-8H2,1-2H3,(H,11,13). The molecule has 0 aromatic rings. The Labute approximate surface area is 94.1 Å². The SMILES string of the molecule is CN(C)CCOCCNC(=O)CCBr. The van der Waals surface area contributed by atoms with E-state index in [4.69, 9.17) is 4.74 Å². The molecule has 0 radical (unpaired) electrons. The number of ether oxygens (including phenoxy) is 1. The molecule has 5 heteroatoms. The van der Waals surface area contributed by atoms with Crippen LogP contribution in [-0.2, 0) is 9.53 Å². The van der Waals surface area contributed by atoms with Crippen LogP contribution in [-0.4, -0.2) is 56.5 Å². The van der Waals surface area contributed by atoms with Gasteiger partial charge in [-0.1, -0.05) is 15.9 Å². The molecule has 0 unspecified atom stereocenters. The number of halogens is 1. The summed E-state index contributed by atoms with van der Waals surface area (Å²) in [5.74, 6) is 0.0677. The molecule has 1 amide bonds. The number of nitrogens with one attached hydrogen (secondary N) is 1. The van der Waals surface area contributed by atoms with Gasteiger partial charge in [0.1, 0.15) is 0 Å². The molecule has 0 aromatic heterocycles. The highest BCUT2D eigenvalue weighted by molar-refractivity contribution is 9.09. The molecule has 0 aliphatic heterocycles. The number of carbonyl (C=O) groups excluding carboxylic acids is 1. The molecule has 1 N–H and O–H groups in total. The summed E-state index contributed by atoms with van der Waals surface area (Å²) in [4.78, 5) is 13.0. The van der Waals surface area contributed by atoms with Gasteiger partial charge in [-0.2, -0.15) is 0 Å². The summed E-state index contributed by atoms with van der Waals surface area (Å²) >= 11 is 3.20. The van der Waals surface area contributed by atoms with Crippen molar-refractivity contribution in [1.82, 2.24) is 10.2 Å². The van der Waals surface area contributed by atoms with Gasteiger partial charge < -0.3 is 15.0 Å². The molecule has 0 saturated heterocycles. The predicted octanol–water partition coefficient (Wildman–Crippen LogP) is 0.466. The van der Waals surface area contributed by atoms with Crippen LogP contribution >= 0.6 is 15.9 Å². The molecule has 14 heavy (non-hydrogen) atoms. The maximum Gasteiger partial charge on any atom is 0.220 e. The van der Waals surface area contributed by atoms with Gasteiger partial charge in [-0.05, 0) is 14.1 Å². The lowest BCUT2D eigenvalue weighted by molar-refractivity contribution is -0.120. The Morgan fingerprint density at radius 2 is 2.14 bits per heavy atom. The summed E-state index contributed by atoms with van der Waals surface area (Å²) in [6.07, 6.45) is 0.525. The van der Waals surface area contributed by atoms with E-state index in [1.807, 2.05) is 14.1 Å². The monoisotopic (exact) mass is 266 g/mol. The van der Waals surface area contributed by atoms with E-state index in [1.165, 1.54) is 0 Å². The minimum atomic E-state index is 0.0677. The molecule has 84 valence electrons. The Bertz CT molecular complexity index is 154. The number of alkyl halides is 1. The van der Waals surface area contributed by atoms with Crippen LogP contribution < -0.4 is 5.32 Å². The van der Waals surface area contributed by atoms with E-state index in [2.05, 4.69) is 26.1 Å². The first-order valence-corrected chi connectivity index (χ1v) is 5.84. The van der Waals surface area contributed by atoms with Crippen LogP contribution in [0.25, 0.3) is 0 Å². The van der Waals surface area contributed by atoms with Gasteiger partial charge in [0, 0.05) is 24.8 Å². The average molecular weight is 267 g/mol. The number of carbonyl (C=O) groups is 1. The lowest BCUT2D eigenvalue weighted by Gasteiger charge is -2.10. The third-order valence-corrected chi connectivity index (χ3v) is 1.97. The van der Waals surface area contributed by atoms with E-state index in [1.54, 1.807) is 0 Å². The fourth-order valence-electron chi connectivity index (χ4n) is 0.786. The van der Waals surface area contributed by atoms with Gasteiger partial charge in [-0.3, -0.25) is 4.79 Å². The second kappa shape index (κ2) is 9.43. The molecule has 4 nitrogen and oxygen atoms in total. The summed E-state index contributed by atoms with van der Waals surface area (Å²) in [6.45, 7) is 2.80. The second-order valence-electron chi connectivity index (χ2n) is 3.20. The summed E-state index contributed by atoms with van der Waals surface area (Å²) in [6, 6.07) is 0. The molecular formula is C9H19BrN2O2. The van der Waals surface area contributed by atoms with E-state index in [0.717, 1.165) is 6.54 Å². The smallest absolute Gasteiger partial charge is 0.220 e. The minimum absolute atomic E-state index is 0.0677. The number of likely N-dealkylation sites (N-methyl/N-ethyl adjacent to an activating group) is 1. The van der Waals surface area contributed by atoms with E-state index in [-0.39, 0.29) is 5.91 Å². The fraction of sp³-hybridized carbons (Fsp3) is 0.889. The van der Waals surface area contributed by atoms with Gasteiger partial charge >= 0.3 is 0 Å². The highest BCUT2D eigenvalue weighted by atomic mass is 79.9. The lowest BCUT2D eigenvalue weighted by Crippen LogP contribution is -2.28. The maximum atomic E-state index is 11.0. The van der Waals surface area contributed by atoms with Crippen LogP contribution in [0.3, 0.4) is 0 Å². The Hall–Kier alpha value is -0.130. The van der Waals surface area contributed by atoms with Gasteiger partial charge in [-0.15, -0.1) is 0 Å². The number of hydrogen-bond acceptors (Lipinski definition) is 3. The minimum Gasteiger partial charge on any atom is -0.378 e. The van der Waals surface area contributed by atoms with Crippen LogP contribution in [0.15, 0.2) is 0 Å². The molecule has 0 aliphatic carbocycles. The van der Waals surface area contributed by atoms with Crippen molar-refractivity contribution in [1.29, 1.82) is 0 Å². The van der Waals surface area contributed by atoms with Gasteiger partial charge in [0.15, 0.2) is 0 Å². The number of amides is 1. The van der Waals surface area contributed by atoms with Crippen molar-refractivity contribution < 1.29 is 9.53 Å². The fourth-order valence-corrected chi connectivity index (χ4v) is 1.15. The zero-order valence-electron chi connectivity index (χ0n) is 8.88. The molecule has 0 rings (SSSR count). The zero-order chi connectivity index (χ0) is 10.8. The highest BCUT2D eigenvalue weighted by Crippen LogP contribution is 1.86. The topological polar surface area (TPSA) is 41.6 Å². The second-order valence-corrected chi connectivity index (χ2v) is 4.00. The normalized spacial score (nSPS) is 10.6. The quantitative estimate of drug-likeness (QED) is 0.513. The summed E-state index contributed by atoms with van der Waals surface area (Å²) in [5, 5.41) is 3.47. The molecule has 0 heterocycles. The van der Waals surface area contributed by atoms with Crippen molar-refractivity contribution >= 4 is 21.8 Å². The van der Waals surface area contributed by atoms with Crippen molar-refractivity contribution in [3.63, 3.8) is 0 Å². The van der Waals surface area contributed by atoms with Gasteiger partial charge in [0.25, 0.3) is 0 Å². The van der Waals surface area contributed by atoms with Gasteiger partial charge in [-0.25, -0.2) is 0 Å². The summed E-state index contributed by atoms with van der Waals surface area (Å²) in [5.41, 5.74) is 0. The molecule has 0 aliphatic rings. The summed E-state index contributed by atoms with van der Waals surface area (Å²) in [7, 11) is 4.00. The summed E-state index contributed by atoms with van der Waals surface area (Å²) < 4.78 is 5.30. The Kier molecular flexibility index (Phi) is 9.34. The number of nitrogens with zero attached hydrogens (tertiary/aromatic N) is 1. The van der Waals surface area contributed by atoms with Crippen molar-refractivity contribution in [3.05, 3.63) is 0 Å². The van der Waals surface area contributed by atoms with Gasteiger partial charge in [0.05, 0.1) is 13.2 Å². The van der Waals surface area contributed by atoms with Crippen molar-refractivity contribution in [2.45, 2.75) is 6.42 Å². The average Bonchev–Trinajstić information content (AvgIpc) is 2.11. The molecule has 0 aromatic carbocycles. The van der Waals surface area contributed by atoms with Crippen LogP contribution in [0, 0.1) is 0 Å². The first-order chi connectivity index (χ1) is 6.66. The lowest BCUT2D eigenvalue weighted by atomic mass is 10.4. The van der Waals surface area contributed by atoms with Crippen LogP contribution in [0.1, 0.15) is 6.42 Å². The van der Waals surface area contributed by atoms with E-state index >= 15 is 0 Å².